The summed E-state index contributed by atoms with van der Waals surface area (Å²) >= 11 is 18.6. The molecule has 7 heteroatoms. The van der Waals surface area contributed by atoms with Crippen molar-refractivity contribution in [1.29, 1.82) is 0 Å². The minimum Gasteiger partial charge on any atom is -0.325 e. The van der Waals surface area contributed by atoms with E-state index in [-0.39, 0.29) is 24.8 Å². The molecule has 2 heterocycles. The summed E-state index contributed by atoms with van der Waals surface area (Å²) in [5, 5.41) is 4.45. The van der Waals surface area contributed by atoms with Crippen molar-refractivity contribution >= 4 is 52.3 Å². The number of amides is 2. The van der Waals surface area contributed by atoms with Gasteiger partial charge in [-0.05, 0) is 47.9 Å². The van der Waals surface area contributed by atoms with Gasteiger partial charge in [0.15, 0.2) is 0 Å². The third kappa shape index (κ3) is 3.43. The van der Waals surface area contributed by atoms with E-state index in [1.807, 2.05) is 19.1 Å². The number of allylic oxidation sites excluding steroid dienone is 1. The molecule has 2 aromatic rings. The van der Waals surface area contributed by atoms with Gasteiger partial charge in [0.2, 0.25) is 11.8 Å². The van der Waals surface area contributed by atoms with Crippen LogP contribution >= 0.6 is 34.8 Å². The lowest BCUT2D eigenvalue weighted by Gasteiger charge is -2.44. The SMILES string of the molecule is CC/C=C/N1C[C@@]2(C(=O)Nc3cc(Cl)ccc32)[C@H](c2cc(Cl)cc(Cl)c2)CC1=O. The quantitative estimate of drug-likeness (QED) is 0.646. The number of hydrogen-bond donors (Lipinski definition) is 1. The lowest BCUT2D eigenvalue weighted by molar-refractivity contribution is -0.136. The average molecular weight is 450 g/mol. The molecule has 2 aromatic carbocycles. The van der Waals surface area contributed by atoms with Gasteiger partial charge in [0.05, 0.1) is 0 Å². The van der Waals surface area contributed by atoms with Crippen molar-refractivity contribution in [3.05, 3.63) is 74.9 Å². The van der Waals surface area contributed by atoms with Gasteiger partial charge < -0.3 is 10.2 Å². The first-order valence-electron chi connectivity index (χ1n) is 9.38. The van der Waals surface area contributed by atoms with Crippen LogP contribution in [-0.4, -0.2) is 23.3 Å². The summed E-state index contributed by atoms with van der Waals surface area (Å²) in [6.45, 7) is 2.23. The predicted octanol–water partition coefficient (Wildman–Crippen LogP) is 5.78. The normalized spacial score (nSPS) is 23.7. The highest BCUT2D eigenvalue weighted by Crippen LogP contribution is 2.52. The van der Waals surface area contributed by atoms with Crippen molar-refractivity contribution in [3.63, 3.8) is 0 Å². The first kappa shape index (κ1) is 20.3. The number of halogens is 3. The summed E-state index contributed by atoms with van der Waals surface area (Å²) in [7, 11) is 0. The number of carbonyl (C=O) groups is 2. The molecule has 1 spiro atoms. The molecule has 2 aliphatic rings. The second kappa shape index (κ2) is 7.67. The van der Waals surface area contributed by atoms with Gasteiger partial charge in [-0.15, -0.1) is 0 Å². The van der Waals surface area contributed by atoms with Gasteiger partial charge in [-0.1, -0.05) is 53.9 Å². The van der Waals surface area contributed by atoms with Crippen LogP contribution in [0.25, 0.3) is 0 Å². The smallest absolute Gasteiger partial charge is 0.237 e. The molecule has 1 N–H and O–H groups in total. The van der Waals surface area contributed by atoms with Gasteiger partial charge in [0, 0.05) is 45.8 Å². The Morgan fingerprint density at radius 1 is 1.10 bits per heavy atom. The van der Waals surface area contributed by atoms with Crippen LogP contribution in [0.2, 0.25) is 15.1 Å². The Kier molecular flexibility index (Phi) is 5.36. The van der Waals surface area contributed by atoms with Crippen LogP contribution in [-0.2, 0) is 15.0 Å². The maximum absolute atomic E-state index is 13.4. The minimum atomic E-state index is -0.958. The number of likely N-dealkylation sites (tertiary alicyclic amines) is 1. The van der Waals surface area contributed by atoms with E-state index in [1.165, 1.54) is 0 Å². The number of rotatable bonds is 3. The van der Waals surface area contributed by atoms with E-state index >= 15 is 0 Å². The van der Waals surface area contributed by atoms with Gasteiger partial charge >= 0.3 is 0 Å². The van der Waals surface area contributed by atoms with Crippen LogP contribution in [0.15, 0.2) is 48.7 Å². The highest BCUT2D eigenvalue weighted by molar-refractivity contribution is 6.34. The summed E-state index contributed by atoms with van der Waals surface area (Å²) in [6, 6.07) is 10.6. The lowest BCUT2D eigenvalue weighted by Crippen LogP contribution is -2.54. The molecular formula is C22H19Cl3N2O2. The average Bonchev–Trinajstić information content (AvgIpc) is 2.92. The van der Waals surface area contributed by atoms with Gasteiger partial charge in [0.25, 0.3) is 0 Å². The molecule has 0 saturated carbocycles. The Morgan fingerprint density at radius 3 is 2.52 bits per heavy atom. The summed E-state index contributed by atoms with van der Waals surface area (Å²) < 4.78 is 0. The lowest BCUT2D eigenvalue weighted by atomic mass is 9.64. The fraction of sp³-hybridized carbons (Fsp3) is 0.273. The fourth-order valence-electron chi connectivity index (χ4n) is 4.35. The Hall–Kier alpha value is -2.01. The van der Waals surface area contributed by atoms with Crippen molar-refractivity contribution in [2.45, 2.75) is 31.1 Å². The van der Waals surface area contributed by atoms with Crippen LogP contribution in [0.4, 0.5) is 5.69 Å². The molecular weight excluding hydrogens is 431 g/mol. The van der Waals surface area contributed by atoms with E-state index in [1.54, 1.807) is 41.4 Å². The highest BCUT2D eigenvalue weighted by Gasteiger charge is 2.57. The van der Waals surface area contributed by atoms with Crippen molar-refractivity contribution in [1.82, 2.24) is 4.90 Å². The number of nitrogens with one attached hydrogen (secondary N) is 1. The number of piperidine rings is 1. The Labute approximate surface area is 184 Å². The van der Waals surface area contributed by atoms with Gasteiger partial charge in [-0.2, -0.15) is 0 Å². The Balaban J connectivity index is 1.91. The van der Waals surface area contributed by atoms with E-state index in [4.69, 9.17) is 34.8 Å². The fourth-order valence-corrected chi connectivity index (χ4v) is 5.06. The monoisotopic (exact) mass is 448 g/mol. The molecule has 4 nitrogen and oxygen atoms in total. The molecule has 0 aromatic heterocycles. The summed E-state index contributed by atoms with van der Waals surface area (Å²) in [5.41, 5.74) is 1.32. The molecule has 4 rings (SSSR count). The molecule has 1 saturated heterocycles. The largest absolute Gasteiger partial charge is 0.325 e. The first-order chi connectivity index (χ1) is 13.8. The van der Waals surface area contributed by atoms with Crippen molar-refractivity contribution in [3.8, 4) is 0 Å². The van der Waals surface area contributed by atoms with Crippen molar-refractivity contribution in [2.24, 2.45) is 0 Å². The van der Waals surface area contributed by atoms with Gasteiger partial charge in [0.1, 0.15) is 5.41 Å². The molecule has 0 aliphatic carbocycles. The topological polar surface area (TPSA) is 49.4 Å². The number of nitrogens with zero attached hydrogens (tertiary/aromatic N) is 1. The maximum Gasteiger partial charge on any atom is 0.237 e. The van der Waals surface area contributed by atoms with Crippen LogP contribution in [0, 0.1) is 0 Å². The van der Waals surface area contributed by atoms with E-state index < -0.39 is 11.3 Å². The van der Waals surface area contributed by atoms with Crippen molar-refractivity contribution < 1.29 is 9.59 Å². The van der Waals surface area contributed by atoms with Crippen LogP contribution in [0.1, 0.15) is 36.8 Å². The summed E-state index contributed by atoms with van der Waals surface area (Å²) in [4.78, 5) is 28.0. The molecule has 1 fully saturated rings. The molecule has 0 radical (unpaired) electrons. The van der Waals surface area contributed by atoms with Gasteiger partial charge in [-0.3, -0.25) is 9.59 Å². The summed E-state index contributed by atoms with van der Waals surface area (Å²) in [6.07, 6.45) is 4.65. The Bertz CT molecular complexity index is 1020. The number of benzene rings is 2. The number of carbonyl (C=O) groups excluding carboxylic acids is 2. The second-order valence-corrected chi connectivity index (χ2v) is 8.70. The highest BCUT2D eigenvalue weighted by atomic mass is 35.5. The first-order valence-corrected chi connectivity index (χ1v) is 10.5. The second-order valence-electron chi connectivity index (χ2n) is 7.39. The van der Waals surface area contributed by atoms with Gasteiger partial charge in [-0.25, -0.2) is 0 Å². The van der Waals surface area contributed by atoms with E-state index in [2.05, 4.69) is 5.32 Å². The zero-order valence-corrected chi connectivity index (χ0v) is 18.0. The molecule has 2 amide bonds. The standard InChI is InChI=1S/C22H19Cl3N2O2/c1-2-3-6-27-12-22(17-5-4-14(23)10-19(17)26-21(22)29)18(11-20(27)28)13-7-15(24)9-16(25)8-13/h3-10,18H,2,11-12H2,1H3,(H,26,29)/b6-3+/t18-,22-/m0/s1. The van der Waals surface area contributed by atoms with Crippen LogP contribution in [0.3, 0.4) is 0 Å². The molecule has 2 atom stereocenters. The van der Waals surface area contributed by atoms with Crippen LogP contribution in [0.5, 0.6) is 0 Å². The van der Waals surface area contributed by atoms with Crippen LogP contribution < -0.4 is 5.32 Å². The number of fused-ring (bicyclic) bond motifs is 2. The molecule has 2 aliphatic heterocycles. The molecule has 0 bridgehead atoms. The van der Waals surface area contributed by atoms with Crippen molar-refractivity contribution in [2.75, 3.05) is 11.9 Å². The molecule has 0 unspecified atom stereocenters. The van der Waals surface area contributed by atoms with E-state index in [0.29, 0.717) is 20.8 Å². The Morgan fingerprint density at radius 2 is 1.83 bits per heavy atom. The minimum absolute atomic E-state index is 0.0448. The molecule has 150 valence electrons. The van der Waals surface area contributed by atoms with E-state index in [0.717, 1.165) is 17.5 Å². The third-order valence-corrected chi connectivity index (χ3v) is 6.31. The van der Waals surface area contributed by atoms with E-state index in [9.17, 15) is 9.59 Å². The zero-order valence-electron chi connectivity index (χ0n) is 15.7. The predicted molar refractivity (Wildman–Crippen MR) is 117 cm³/mol. The molecule has 29 heavy (non-hydrogen) atoms. The number of hydrogen-bond acceptors (Lipinski definition) is 2. The zero-order chi connectivity index (χ0) is 20.8. The number of anilines is 1. The maximum atomic E-state index is 13.4. The third-order valence-electron chi connectivity index (χ3n) is 5.64. The summed E-state index contributed by atoms with van der Waals surface area (Å²) in [5.74, 6) is -0.602.